The van der Waals surface area contributed by atoms with Gasteiger partial charge in [0.15, 0.2) is 11.5 Å². The van der Waals surface area contributed by atoms with Gasteiger partial charge in [-0.15, -0.1) is 0 Å². The van der Waals surface area contributed by atoms with Crippen molar-refractivity contribution < 1.29 is 31.1 Å². The zero-order valence-corrected chi connectivity index (χ0v) is 25.4. The number of hydrogen-bond acceptors (Lipinski definition) is 7. The van der Waals surface area contributed by atoms with Crippen LogP contribution < -0.4 is 23.8 Å². The number of nitrogens with zero attached hydrogens (tertiary/aromatic N) is 1. The van der Waals surface area contributed by atoms with E-state index < -0.39 is 32.5 Å². The molecule has 0 unspecified atom stereocenters. The van der Waals surface area contributed by atoms with E-state index in [1.54, 1.807) is 24.3 Å². The third-order valence-corrected chi connectivity index (χ3v) is 9.91. The Balaban J connectivity index is 1.57. The lowest BCUT2D eigenvalue weighted by Crippen LogP contribution is -2.38. The van der Waals surface area contributed by atoms with Gasteiger partial charge in [0.05, 0.1) is 45.4 Å². The summed E-state index contributed by atoms with van der Waals surface area (Å²) < 4.78 is 66.8. The van der Waals surface area contributed by atoms with Crippen LogP contribution in [0.25, 0.3) is 0 Å². The first-order chi connectivity index (χ1) is 20.0. The van der Waals surface area contributed by atoms with Crippen LogP contribution in [-0.4, -0.2) is 43.5 Å². The van der Waals surface area contributed by atoms with Gasteiger partial charge in [0.1, 0.15) is 6.54 Å². The second kappa shape index (κ2) is 12.9. The molecule has 0 aromatic heterocycles. The molecule has 0 aliphatic carbocycles. The fourth-order valence-electron chi connectivity index (χ4n) is 3.85. The number of carbonyl (C=O) groups excluding carboxylic acids is 1. The van der Waals surface area contributed by atoms with E-state index in [1.807, 2.05) is 0 Å². The summed E-state index contributed by atoms with van der Waals surface area (Å²) in [4.78, 5) is 13.0. The summed E-state index contributed by atoms with van der Waals surface area (Å²) in [6, 6.07) is 22.0. The SMILES string of the molecule is COc1ccc(N(CC(=O)Nc2ccc(S(=O)(=O)Nc3cccc(Cl)c3Cl)cc2)S(=O)(=O)c2ccccc2)cc1OC. The summed E-state index contributed by atoms with van der Waals surface area (Å²) in [5, 5.41) is 2.85. The Kier molecular flexibility index (Phi) is 9.52. The highest BCUT2D eigenvalue weighted by Crippen LogP contribution is 2.34. The van der Waals surface area contributed by atoms with Crippen molar-refractivity contribution in [3.63, 3.8) is 0 Å². The molecule has 0 heterocycles. The highest BCUT2D eigenvalue weighted by Gasteiger charge is 2.28. The molecule has 0 spiro atoms. The summed E-state index contributed by atoms with van der Waals surface area (Å²) in [5.74, 6) is -0.0261. The Morgan fingerprint density at radius 1 is 0.786 bits per heavy atom. The maximum Gasteiger partial charge on any atom is 0.264 e. The third kappa shape index (κ3) is 6.90. The monoisotopic (exact) mass is 649 g/mol. The number of nitrogens with one attached hydrogen (secondary N) is 2. The number of rotatable bonds is 11. The second-order valence-electron chi connectivity index (χ2n) is 8.64. The lowest BCUT2D eigenvalue weighted by molar-refractivity contribution is -0.114. The van der Waals surface area contributed by atoms with Gasteiger partial charge in [-0.05, 0) is 60.7 Å². The standard InChI is InChI=1S/C28H25Cl2N3O7S2/c1-39-25-16-13-20(17-26(25)40-2)33(42(37,38)22-7-4-3-5-8-22)18-27(34)31-19-11-14-21(15-12-19)41(35,36)32-24-10-6-9-23(29)28(24)30/h3-17,32H,18H2,1-2H3,(H,31,34). The maximum atomic E-state index is 13.6. The Labute approximate surface area is 253 Å². The van der Waals surface area contributed by atoms with E-state index in [2.05, 4.69) is 10.0 Å². The summed E-state index contributed by atoms with van der Waals surface area (Å²) in [6.45, 7) is -0.596. The number of benzene rings is 4. The van der Waals surface area contributed by atoms with Gasteiger partial charge in [-0.25, -0.2) is 16.8 Å². The van der Waals surface area contributed by atoms with E-state index in [1.165, 1.54) is 80.9 Å². The minimum Gasteiger partial charge on any atom is -0.493 e. The summed E-state index contributed by atoms with van der Waals surface area (Å²) in [6.07, 6.45) is 0. The molecule has 0 bridgehead atoms. The highest BCUT2D eigenvalue weighted by atomic mass is 35.5. The summed E-state index contributed by atoms with van der Waals surface area (Å²) in [5.41, 5.74) is 0.513. The predicted molar refractivity (Wildman–Crippen MR) is 163 cm³/mol. The van der Waals surface area contributed by atoms with Crippen LogP contribution in [0.4, 0.5) is 17.1 Å². The molecule has 0 aliphatic rings. The molecule has 1 amide bonds. The van der Waals surface area contributed by atoms with Crippen LogP contribution in [0.2, 0.25) is 10.0 Å². The molecule has 42 heavy (non-hydrogen) atoms. The molecule has 4 aromatic carbocycles. The van der Waals surface area contributed by atoms with Crippen LogP contribution in [0.15, 0.2) is 101 Å². The molecular weight excluding hydrogens is 625 g/mol. The van der Waals surface area contributed by atoms with E-state index in [4.69, 9.17) is 32.7 Å². The normalized spacial score (nSPS) is 11.4. The van der Waals surface area contributed by atoms with Crippen molar-refractivity contribution in [2.24, 2.45) is 0 Å². The summed E-state index contributed by atoms with van der Waals surface area (Å²) in [7, 11) is -5.35. The average molecular weight is 651 g/mol. The van der Waals surface area contributed by atoms with Crippen molar-refractivity contribution in [1.82, 2.24) is 0 Å². The van der Waals surface area contributed by atoms with Crippen molar-refractivity contribution in [2.75, 3.05) is 35.1 Å². The van der Waals surface area contributed by atoms with Crippen molar-refractivity contribution in [2.45, 2.75) is 9.79 Å². The molecule has 220 valence electrons. The first-order valence-corrected chi connectivity index (χ1v) is 15.8. The number of amides is 1. The third-order valence-electron chi connectivity index (χ3n) is 5.92. The highest BCUT2D eigenvalue weighted by molar-refractivity contribution is 7.93. The Bertz CT molecular complexity index is 1800. The van der Waals surface area contributed by atoms with Crippen LogP contribution >= 0.6 is 23.2 Å². The zero-order valence-electron chi connectivity index (χ0n) is 22.2. The van der Waals surface area contributed by atoms with E-state index in [9.17, 15) is 21.6 Å². The van der Waals surface area contributed by atoms with Crippen molar-refractivity contribution in [1.29, 1.82) is 0 Å². The lowest BCUT2D eigenvalue weighted by atomic mass is 10.2. The minimum atomic E-state index is -4.18. The Morgan fingerprint density at radius 3 is 2.10 bits per heavy atom. The minimum absolute atomic E-state index is 0.0190. The molecule has 4 aromatic rings. The molecule has 2 N–H and O–H groups in total. The molecule has 10 nitrogen and oxygen atoms in total. The number of hydrogen-bond donors (Lipinski definition) is 2. The molecule has 0 aliphatic heterocycles. The van der Waals surface area contributed by atoms with Gasteiger partial charge >= 0.3 is 0 Å². The predicted octanol–water partition coefficient (Wildman–Crippen LogP) is 5.65. The maximum absolute atomic E-state index is 13.6. The van der Waals surface area contributed by atoms with E-state index in [-0.39, 0.29) is 42.6 Å². The number of anilines is 3. The van der Waals surface area contributed by atoms with Gasteiger partial charge in [-0.2, -0.15) is 0 Å². The van der Waals surface area contributed by atoms with E-state index in [0.717, 1.165) is 4.31 Å². The van der Waals surface area contributed by atoms with Crippen molar-refractivity contribution >= 4 is 66.2 Å². The second-order valence-corrected chi connectivity index (χ2v) is 13.0. The van der Waals surface area contributed by atoms with Crippen molar-refractivity contribution in [3.05, 3.63) is 101 Å². The molecular formula is C28H25Cl2N3O7S2. The Morgan fingerprint density at radius 2 is 1.45 bits per heavy atom. The number of carbonyl (C=O) groups is 1. The molecule has 4 rings (SSSR count). The molecule has 0 saturated heterocycles. The van der Waals surface area contributed by atoms with Gasteiger partial charge < -0.3 is 14.8 Å². The largest absolute Gasteiger partial charge is 0.493 e. The number of halogens is 2. The van der Waals surface area contributed by atoms with Gasteiger partial charge in [-0.1, -0.05) is 47.5 Å². The van der Waals surface area contributed by atoms with E-state index >= 15 is 0 Å². The molecule has 0 saturated carbocycles. The number of sulfonamides is 2. The van der Waals surface area contributed by atoms with E-state index in [0.29, 0.717) is 5.75 Å². The average Bonchev–Trinajstić information content (AvgIpc) is 2.98. The van der Waals surface area contributed by atoms with Crippen LogP contribution in [0.1, 0.15) is 0 Å². The van der Waals surface area contributed by atoms with Gasteiger partial charge in [0.2, 0.25) is 5.91 Å². The lowest BCUT2D eigenvalue weighted by Gasteiger charge is -2.25. The molecule has 0 fully saturated rings. The topological polar surface area (TPSA) is 131 Å². The van der Waals surface area contributed by atoms with Crippen LogP contribution in [0, 0.1) is 0 Å². The first-order valence-electron chi connectivity index (χ1n) is 12.1. The smallest absolute Gasteiger partial charge is 0.264 e. The molecule has 0 atom stereocenters. The number of methoxy groups -OCH3 is 2. The quantitative estimate of drug-likeness (QED) is 0.215. The van der Waals surface area contributed by atoms with Gasteiger partial charge in [-0.3, -0.25) is 13.8 Å². The first kappa shape index (κ1) is 31.0. The van der Waals surface area contributed by atoms with Crippen LogP contribution in [0.5, 0.6) is 11.5 Å². The van der Waals surface area contributed by atoms with Crippen molar-refractivity contribution in [3.8, 4) is 11.5 Å². The van der Waals surface area contributed by atoms with Gasteiger partial charge in [0, 0.05) is 11.8 Å². The molecule has 0 radical (unpaired) electrons. The summed E-state index contributed by atoms with van der Waals surface area (Å²) >= 11 is 12.1. The van der Waals surface area contributed by atoms with Crippen LogP contribution in [0.3, 0.4) is 0 Å². The fourth-order valence-corrected chi connectivity index (χ4v) is 6.76. The van der Waals surface area contributed by atoms with Crippen LogP contribution in [-0.2, 0) is 24.8 Å². The molecule has 14 heteroatoms. The zero-order chi connectivity index (χ0) is 30.5. The fraction of sp³-hybridized carbons (Fsp3) is 0.107. The van der Waals surface area contributed by atoms with Gasteiger partial charge in [0.25, 0.3) is 20.0 Å². The Hall–Kier alpha value is -3.97. The number of ether oxygens (including phenoxy) is 2.